The van der Waals surface area contributed by atoms with Crippen molar-refractivity contribution in [3.8, 4) is 5.75 Å². The number of halogens is 1. The third-order valence-electron chi connectivity index (χ3n) is 4.17. The van der Waals surface area contributed by atoms with Crippen LogP contribution in [0.15, 0.2) is 29.3 Å². The number of aliphatic hydroxyl groups is 1. The zero-order chi connectivity index (χ0) is 18.8. The van der Waals surface area contributed by atoms with E-state index < -0.39 is 0 Å². The lowest BCUT2D eigenvalue weighted by molar-refractivity contribution is -0.114. The topological polar surface area (TPSA) is 95.0 Å². The summed E-state index contributed by atoms with van der Waals surface area (Å²) in [7, 11) is 0. The van der Waals surface area contributed by atoms with Crippen molar-refractivity contribution in [3.05, 3.63) is 24.3 Å². The van der Waals surface area contributed by atoms with E-state index in [2.05, 4.69) is 20.9 Å². The Morgan fingerprint density at radius 3 is 2.70 bits per heavy atom. The molecular formula is C19H31IN4O3. The highest BCUT2D eigenvalue weighted by atomic mass is 127. The van der Waals surface area contributed by atoms with Crippen molar-refractivity contribution in [2.45, 2.75) is 51.7 Å². The summed E-state index contributed by atoms with van der Waals surface area (Å²) in [5.41, 5.74) is 0.716. The van der Waals surface area contributed by atoms with Crippen molar-refractivity contribution < 1.29 is 14.6 Å². The highest BCUT2D eigenvalue weighted by molar-refractivity contribution is 14.0. The minimum absolute atomic E-state index is 0. The van der Waals surface area contributed by atoms with Crippen LogP contribution in [0.3, 0.4) is 0 Å². The number of rotatable bonds is 7. The molecule has 8 heteroatoms. The Morgan fingerprint density at radius 1 is 1.30 bits per heavy atom. The first-order chi connectivity index (χ1) is 12.6. The number of hydrogen-bond donors (Lipinski definition) is 4. The average Bonchev–Trinajstić information content (AvgIpc) is 2.60. The van der Waals surface area contributed by atoms with Crippen molar-refractivity contribution in [2.75, 3.05) is 25.0 Å². The lowest BCUT2D eigenvalue weighted by atomic mass is 9.93. The molecule has 0 unspecified atom stereocenters. The quantitative estimate of drug-likeness (QED) is 0.204. The molecule has 1 aromatic carbocycles. The Bertz CT molecular complexity index is 604. The number of amides is 1. The molecule has 1 aliphatic rings. The molecule has 1 saturated carbocycles. The summed E-state index contributed by atoms with van der Waals surface area (Å²) < 4.78 is 5.71. The van der Waals surface area contributed by atoms with Crippen LogP contribution in [0.1, 0.15) is 39.5 Å². The molecule has 1 amide bonds. The van der Waals surface area contributed by atoms with Crippen LogP contribution in [0.5, 0.6) is 5.75 Å². The van der Waals surface area contributed by atoms with E-state index >= 15 is 0 Å². The Hall–Kier alpha value is -1.55. The summed E-state index contributed by atoms with van der Waals surface area (Å²) in [4.78, 5) is 15.7. The van der Waals surface area contributed by atoms with Crippen LogP contribution in [0, 0.1) is 0 Å². The van der Waals surface area contributed by atoms with Gasteiger partial charge in [-0.3, -0.25) is 4.79 Å². The lowest BCUT2D eigenvalue weighted by Gasteiger charge is -2.27. The van der Waals surface area contributed by atoms with E-state index in [1.165, 1.54) is 6.92 Å². The fourth-order valence-corrected chi connectivity index (χ4v) is 2.92. The van der Waals surface area contributed by atoms with Crippen LogP contribution in [0.4, 0.5) is 5.69 Å². The maximum Gasteiger partial charge on any atom is 0.221 e. The van der Waals surface area contributed by atoms with Gasteiger partial charge in [-0.15, -0.1) is 24.0 Å². The van der Waals surface area contributed by atoms with Gasteiger partial charge < -0.3 is 25.8 Å². The first-order valence-electron chi connectivity index (χ1n) is 9.30. The van der Waals surface area contributed by atoms with Crippen LogP contribution in [0.25, 0.3) is 0 Å². The van der Waals surface area contributed by atoms with Gasteiger partial charge in [-0.2, -0.15) is 0 Å². The standard InChI is InChI=1S/C19H30N4O3.HI/c1-3-20-19(23-15-7-9-17(25)10-8-15)21-11-12-26-18-6-4-5-16(13-18)22-14(2)24;/h4-6,13,15,17,25H,3,7-12H2,1-2H3,(H,22,24)(H2,20,21,23);1H. The van der Waals surface area contributed by atoms with E-state index in [1.807, 2.05) is 25.1 Å². The van der Waals surface area contributed by atoms with Crippen LogP contribution in [-0.2, 0) is 4.79 Å². The SMILES string of the molecule is CCNC(=NCCOc1cccc(NC(C)=O)c1)NC1CCC(O)CC1.I. The number of carbonyl (C=O) groups is 1. The van der Waals surface area contributed by atoms with Crippen LogP contribution in [0.2, 0.25) is 0 Å². The molecule has 0 radical (unpaired) electrons. The van der Waals surface area contributed by atoms with Gasteiger partial charge in [0, 0.05) is 31.3 Å². The Kier molecular flexibility index (Phi) is 11.1. The first kappa shape index (κ1) is 23.5. The van der Waals surface area contributed by atoms with Gasteiger partial charge in [0.25, 0.3) is 0 Å². The van der Waals surface area contributed by atoms with Crippen molar-refractivity contribution >= 4 is 41.5 Å². The summed E-state index contributed by atoms with van der Waals surface area (Å²) in [6.07, 6.45) is 3.43. The Labute approximate surface area is 178 Å². The third-order valence-corrected chi connectivity index (χ3v) is 4.17. The second-order valence-electron chi connectivity index (χ2n) is 6.47. The van der Waals surface area contributed by atoms with Gasteiger partial charge in [0.15, 0.2) is 5.96 Å². The Morgan fingerprint density at radius 2 is 2.04 bits per heavy atom. The molecule has 0 bridgehead atoms. The molecule has 0 spiro atoms. The number of guanidine groups is 1. The average molecular weight is 490 g/mol. The molecule has 0 heterocycles. The number of aliphatic imine (C=N–C) groups is 1. The summed E-state index contributed by atoms with van der Waals surface area (Å²) >= 11 is 0. The predicted molar refractivity (Wildman–Crippen MR) is 119 cm³/mol. The van der Waals surface area contributed by atoms with Crippen molar-refractivity contribution in [3.63, 3.8) is 0 Å². The molecule has 2 rings (SSSR count). The fraction of sp³-hybridized carbons (Fsp3) is 0.579. The van der Waals surface area contributed by atoms with Crippen molar-refractivity contribution in [2.24, 2.45) is 4.99 Å². The first-order valence-corrected chi connectivity index (χ1v) is 9.30. The lowest BCUT2D eigenvalue weighted by Crippen LogP contribution is -2.45. The number of benzene rings is 1. The maximum atomic E-state index is 11.1. The molecule has 0 saturated heterocycles. The molecule has 7 nitrogen and oxygen atoms in total. The number of anilines is 1. The predicted octanol–water partition coefficient (Wildman–Crippen LogP) is 2.50. The van der Waals surface area contributed by atoms with Crippen LogP contribution < -0.4 is 20.7 Å². The maximum absolute atomic E-state index is 11.1. The van der Waals surface area contributed by atoms with E-state index in [0.29, 0.717) is 30.6 Å². The summed E-state index contributed by atoms with van der Waals surface area (Å²) in [6.45, 7) is 5.27. The smallest absolute Gasteiger partial charge is 0.221 e. The number of ether oxygens (including phenoxy) is 1. The van der Waals surface area contributed by atoms with Gasteiger partial charge in [-0.1, -0.05) is 6.07 Å². The molecule has 1 fully saturated rings. The zero-order valence-corrected chi connectivity index (χ0v) is 18.4. The van der Waals surface area contributed by atoms with Gasteiger partial charge in [0.2, 0.25) is 5.91 Å². The van der Waals surface area contributed by atoms with Gasteiger partial charge in [-0.25, -0.2) is 4.99 Å². The van der Waals surface area contributed by atoms with Crippen LogP contribution in [-0.4, -0.2) is 48.8 Å². The van der Waals surface area contributed by atoms with E-state index in [1.54, 1.807) is 6.07 Å². The van der Waals surface area contributed by atoms with Gasteiger partial charge in [0.1, 0.15) is 12.4 Å². The van der Waals surface area contributed by atoms with E-state index in [0.717, 1.165) is 38.2 Å². The normalized spacial score (nSPS) is 19.6. The van der Waals surface area contributed by atoms with E-state index in [4.69, 9.17) is 4.74 Å². The number of aliphatic hydroxyl groups excluding tert-OH is 1. The van der Waals surface area contributed by atoms with Crippen molar-refractivity contribution in [1.82, 2.24) is 10.6 Å². The van der Waals surface area contributed by atoms with E-state index in [-0.39, 0.29) is 36.0 Å². The highest BCUT2D eigenvalue weighted by Gasteiger charge is 2.19. The summed E-state index contributed by atoms with van der Waals surface area (Å²) in [6, 6.07) is 7.66. The molecular weight excluding hydrogens is 459 g/mol. The molecule has 0 atom stereocenters. The number of nitrogens with zero attached hydrogens (tertiary/aromatic N) is 1. The molecule has 1 aromatic rings. The largest absolute Gasteiger partial charge is 0.492 e. The molecule has 27 heavy (non-hydrogen) atoms. The summed E-state index contributed by atoms with van der Waals surface area (Å²) in [5.74, 6) is 1.37. The fourth-order valence-electron chi connectivity index (χ4n) is 2.92. The number of hydrogen-bond acceptors (Lipinski definition) is 4. The third kappa shape index (κ3) is 9.28. The molecule has 1 aliphatic carbocycles. The molecule has 152 valence electrons. The number of nitrogens with one attached hydrogen (secondary N) is 3. The molecule has 0 aliphatic heterocycles. The van der Waals surface area contributed by atoms with Crippen LogP contribution >= 0.6 is 24.0 Å². The Balaban J connectivity index is 0.00000364. The molecule has 0 aromatic heterocycles. The second-order valence-corrected chi connectivity index (χ2v) is 6.47. The van der Waals surface area contributed by atoms with Gasteiger partial charge in [0.05, 0.1) is 12.6 Å². The monoisotopic (exact) mass is 490 g/mol. The summed E-state index contributed by atoms with van der Waals surface area (Å²) in [5, 5.41) is 19.0. The second kappa shape index (κ2) is 12.8. The minimum Gasteiger partial charge on any atom is -0.492 e. The van der Waals surface area contributed by atoms with Crippen molar-refractivity contribution in [1.29, 1.82) is 0 Å². The minimum atomic E-state index is -0.158. The van der Waals surface area contributed by atoms with Gasteiger partial charge in [-0.05, 0) is 44.7 Å². The van der Waals surface area contributed by atoms with E-state index in [9.17, 15) is 9.90 Å². The zero-order valence-electron chi connectivity index (χ0n) is 16.0. The van der Waals surface area contributed by atoms with Gasteiger partial charge >= 0.3 is 0 Å². The number of carbonyl (C=O) groups excluding carboxylic acids is 1. The highest BCUT2D eigenvalue weighted by Crippen LogP contribution is 2.18. The molecule has 4 N–H and O–H groups in total.